The van der Waals surface area contributed by atoms with Gasteiger partial charge in [0, 0.05) is 18.1 Å². The van der Waals surface area contributed by atoms with Crippen LogP contribution in [0.5, 0.6) is 0 Å². The molecule has 3 N–H and O–H groups in total. The highest BCUT2D eigenvalue weighted by Gasteiger charge is 2.37. The van der Waals surface area contributed by atoms with Crippen LogP contribution in [-0.2, 0) is 0 Å². The predicted molar refractivity (Wildman–Crippen MR) is 111 cm³/mol. The molecule has 2 aliphatic heterocycles. The van der Waals surface area contributed by atoms with Gasteiger partial charge in [-0.25, -0.2) is 18.7 Å². The second kappa shape index (κ2) is 7.02. The minimum absolute atomic E-state index is 0.0366. The third-order valence-corrected chi connectivity index (χ3v) is 6.47. The van der Waals surface area contributed by atoms with Crippen molar-refractivity contribution in [3.05, 3.63) is 57.1 Å². The van der Waals surface area contributed by atoms with Crippen LogP contribution in [-0.4, -0.2) is 31.2 Å². The van der Waals surface area contributed by atoms with Crippen molar-refractivity contribution in [1.29, 1.82) is 0 Å². The van der Waals surface area contributed by atoms with Gasteiger partial charge < -0.3 is 15.6 Å². The summed E-state index contributed by atoms with van der Waals surface area (Å²) in [5, 5.41) is 3.68. The van der Waals surface area contributed by atoms with Crippen molar-refractivity contribution >= 4 is 16.9 Å². The molecule has 0 spiro atoms. The van der Waals surface area contributed by atoms with Gasteiger partial charge in [0.05, 0.1) is 17.2 Å². The number of hydrogen-bond donors (Lipinski definition) is 2. The average Bonchev–Trinajstić information content (AvgIpc) is 2.73. The van der Waals surface area contributed by atoms with Crippen LogP contribution in [0.1, 0.15) is 38.6 Å². The van der Waals surface area contributed by atoms with Crippen molar-refractivity contribution in [2.75, 3.05) is 5.73 Å². The number of rotatable bonds is 2. The Labute approximate surface area is 171 Å². The molecule has 9 heteroatoms. The largest absolute Gasteiger partial charge is 0.381 e. The number of anilines is 1. The molecule has 2 bridgehead atoms. The van der Waals surface area contributed by atoms with E-state index in [0.717, 1.165) is 30.0 Å². The summed E-state index contributed by atoms with van der Waals surface area (Å²) in [4.78, 5) is 33.8. The van der Waals surface area contributed by atoms with Crippen LogP contribution in [0.2, 0.25) is 0 Å². The Morgan fingerprint density at radius 3 is 2.80 bits per heavy atom. The molecule has 2 saturated heterocycles. The zero-order valence-electron chi connectivity index (χ0n) is 16.6. The third kappa shape index (κ3) is 3.00. The van der Waals surface area contributed by atoms with Gasteiger partial charge in [0.2, 0.25) is 5.82 Å². The molecular formula is C21H23FN6O2. The molecule has 2 aromatic heterocycles. The zero-order valence-corrected chi connectivity index (χ0v) is 16.6. The normalized spacial score (nSPS) is 26.1. The Hall–Kier alpha value is -3.07. The minimum atomic E-state index is -0.874. The molecule has 0 radical (unpaired) electrons. The van der Waals surface area contributed by atoms with E-state index in [2.05, 4.69) is 22.2 Å². The number of halogens is 1. The molecule has 156 valence electrons. The lowest BCUT2D eigenvalue weighted by Gasteiger charge is -2.44. The van der Waals surface area contributed by atoms with Crippen LogP contribution in [0.15, 0.2) is 40.1 Å². The summed E-state index contributed by atoms with van der Waals surface area (Å²) in [6.07, 6.45) is 4.77. The highest BCUT2D eigenvalue weighted by molar-refractivity contribution is 5.75. The highest BCUT2D eigenvalue weighted by Crippen LogP contribution is 2.36. The number of nitrogens with one attached hydrogen (secondary N) is 1. The molecule has 1 aromatic carbocycles. The van der Waals surface area contributed by atoms with E-state index in [1.165, 1.54) is 6.42 Å². The van der Waals surface area contributed by atoms with Gasteiger partial charge in [-0.15, -0.1) is 0 Å². The number of fused-ring (bicyclic) bond motifs is 3. The number of aromatic nitrogens is 4. The van der Waals surface area contributed by atoms with Crippen molar-refractivity contribution in [2.45, 2.75) is 50.7 Å². The lowest BCUT2D eigenvalue weighted by molar-refractivity contribution is 0.144. The van der Waals surface area contributed by atoms with Crippen LogP contribution in [0, 0.1) is 11.7 Å². The summed E-state index contributed by atoms with van der Waals surface area (Å²) in [6.45, 7) is 2.23. The van der Waals surface area contributed by atoms with E-state index in [1.807, 2.05) is 18.2 Å². The van der Waals surface area contributed by atoms with Crippen LogP contribution >= 0.6 is 0 Å². The molecule has 5 rings (SSSR count). The van der Waals surface area contributed by atoms with E-state index >= 15 is 0 Å². The molecule has 0 amide bonds. The van der Waals surface area contributed by atoms with Gasteiger partial charge in [0.25, 0.3) is 5.56 Å². The molecule has 0 saturated carbocycles. The van der Waals surface area contributed by atoms with Gasteiger partial charge in [0.1, 0.15) is 0 Å². The number of nitrogen functional groups attached to an aromatic ring is 1. The number of nitrogens with zero attached hydrogens (tertiary/aromatic N) is 4. The van der Waals surface area contributed by atoms with Crippen molar-refractivity contribution < 1.29 is 4.39 Å². The number of para-hydroxylation sites is 2. The first-order valence-corrected chi connectivity index (χ1v) is 10.2. The molecule has 8 nitrogen and oxygen atoms in total. The van der Waals surface area contributed by atoms with E-state index in [-0.39, 0.29) is 11.9 Å². The number of nitrogens with two attached hydrogens (primary N) is 1. The minimum Gasteiger partial charge on any atom is -0.381 e. The molecule has 2 unspecified atom stereocenters. The van der Waals surface area contributed by atoms with Crippen molar-refractivity contribution in [3.8, 4) is 5.82 Å². The molecule has 4 atom stereocenters. The van der Waals surface area contributed by atoms with Gasteiger partial charge in [-0.3, -0.25) is 4.79 Å². The maximum absolute atomic E-state index is 14.1. The van der Waals surface area contributed by atoms with Gasteiger partial charge in [-0.2, -0.15) is 4.98 Å². The lowest BCUT2D eigenvalue weighted by Crippen LogP contribution is -2.53. The standard InChI is InChI=1S/C21H23FN6O2/c1-11-6-7-12-8-13(9-16(11)24-12)28-17-5-3-2-4-15(17)25-19(20(28)29)27-10-14(22)18(23)26-21(27)30/h2-5,10-13,16,24H,6-9H2,1H3,(H2,23,26,30)/t11?,12-,13+,16?/m1/s1. The number of benzene rings is 1. The second-order valence-corrected chi connectivity index (χ2v) is 8.38. The van der Waals surface area contributed by atoms with Crippen molar-refractivity contribution in [3.63, 3.8) is 0 Å². The van der Waals surface area contributed by atoms with Gasteiger partial charge in [0.15, 0.2) is 11.6 Å². The summed E-state index contributed by atoms with van der Waals surface area (Å²) in [7, 11) is 0. The lowest BCUT2D eigenvalue weighted by atomic mass is 9.78. The first-order valence-electron chi connectivity index (χ1n) is 10.2. The van der Waals surface area contributed by atoms with Crippen LogP contribution in [0.3, 0.4) is 0 Å². The monoisotopic (exact) mass is 410 g/mol. The van der Waals surface area contributed by atoms with Crippen LogP contribution in [0.4, 0.5) is 10.2 Å². The molecule has 3 aromatic rings. The van der Waals surface area contributed by atoms with Crippen LogP contribution < -0.4 is 22.3 Å². The Balaban J connectivity index is 1.73. The fourth-order valence-corrected chi connectivity index (χ4v) is 4.89. The zero-order chi connectivity index (χ0) is 21.0. The Morgan fingerprint density at radius 2 is 1.97 bits per heavy atom. The van der Waals surface area contributed by atoms with E-state index < -0.39 is 22.9 Å². The molecule has 4 heterocycles. The summed E-state index contributed by atoms with van der Waals surface area (Å²) in [5.41, 5.74) is 5.40. The number of hydrogen-bond acceptors (Lipinski definition) is 6. The predicted octanol–water partition coefficient (Wildman–Crippen LogP) is 1.76. The summed E-state index contributed by atoms with van der Waals surface area (Å²) < 4.78 is 16.6. The highest BCUT2D eigenvalue weighted by atomic mass is 19.1. The Morgan fingerprint density at radius 1 is 1.17 bits per heavy atom. The van der Waals surface area contributed by atoms with E-state index in [1.54, 1.807) is 10.6 Å². The molecule has 0 aliphatic carbocycles. The Kier molecular flexibility index (Phi) is 4.43. The van der Waals surface area contributed by atoms with Gasteiger partial charge in [-0.1, -0.05) is 19.1 Å². The molecule has 30 heavy (non-hydrogen) atoms. The molecule has 2 aliphatic rings. The summed E-state index contributed by atoms with van der Waals surface area (Å²) >= 11 is 0. The van der Waals surface area contributed by atoms with Crippen molar-refractivity contribution in [2.24, 2.45) is 5.92 Å². The topological polar surface area (TPSA) is 108 Å². The quantitative estimate of drug-likeness (QED) is 0.667. The first kappa shape index (κ1) is 18.9. The smallest absolute Gasteiger partial charge is 0.355 e. The maximum atomic E-state index is 14.1. The van der Waals surface area contributed by atoms with Crippen molar-refractivity contribution in [1.82, 2.24) is 24.4 Å². The summed E-state index contributed by atoms with van der Waals surface area (Å²) in [6, 6.07) is 7.97. The van der Waals surface area contributed by atoms with Gasteiger partial charge in [-0.05, 0) is 43.7 Å². The third-order valence-electron chi connectivity index (χ3n) is 6.47. The van der Waals surface area contributed by atoms with E-state index in [4.69, 9.17) is 5.73 Å². The first-order chi connectivity index (χ1) is 14.4. The maximum Gasteiger partial charge on any atom is 0.355 e. The van der Waals surface area contributed by atoms with E-state index in [0.29, 0.717) is 29.0 Å². The number of piperidine rings is 2. The average molecular weight is 410 g/mol. The fraction of sp³-hybridized carbons (Fsp3) is 0.429. The Bertz CT molecular complexity index is 1250. The fourth-order valence-electron chi connectivity index (χ4n) is 4.89. The molecular weight excluding hydrogens is 387 g/mol. The SMILES string of the molecule is CC1CC[C@@H]2C[C@H](n3c(=O)c(-n4cc(F)c(N)nc4=O)nc4ccccc43)CC1N2. The van der Waals surface area contributed by atoms with E-state index in [9.17, 15) is 14.0 Å². The summed E-state index contributed by atoms with van der Waals surface area (Å²) in [5.74, 6) is -1.01. The van der Waals surface area contributed by atoms with Crippen LogP contribution in [0.25, 0.3) is 16.9 Å². The second-order valence-electron chi connectivity index (χ2n) is 8.38. The molecule has 2 fully saturated rings. The van der Waals surface area contributed by atoms with Gasteiger partial charge >= 0.3 is 5.69 Å².